The highest BCUT2D eigenvalue weighted by Crippen LogP contribution is 2.35. The van der Waals surface area contributed by atoms with Gasteiger partial charge in [-0.05, 0) is 32.4 Å². The number of hydrogen-bond donors (Lipinski definition) is 2. The number of nitrogens with zero attached hydrogens (tertiary/aromatic N) is 3. The van der Waals surface area contributed by atoms with Gasteiger partial charge in [0.15, 0.2) is 0 Å². The summed E-state index contributed by atoms with van der Waals surface area (Å²) in [4.78, 5) is 20.8. The first kappa shape index (κ1) is 24.1. The monoisotopic (exact) mass is 425 g/mol. The molecule has 0 spiro atoms. The van der Waals surface area contributed by atoms with Crippen molar-refractivity contribution in [1.29, 1.82) is 0 Å². The van der Waals surface area contributed by atoms with Crippen LogP contribution in [0.15, 0.2) is 53.5 Å². The second-order valence-electron chi connectivity index (χ2n) is 7.33. The molecule has 1 aromatic carbocycles. The van der Waals surface area contributed by atoms with Gasteiger partial charge in [0.2, 0.25) is 5.88 Å². The van der Waals surface area contributed by atoms with E-state index >= 15 is 0 Å². The molecule has 1 atom stereocenters. The van der Waals surface area contributed by atoms with Crippen LogP contribution in [-0.2, 0) is 4.79 Å². The first-order valence-corrected chi connectivity index (χ1v) is 10.4. The predicted octanol–water partition coefficient (Wildman–Crippen LogP) is 4.22. The molecule has 1 heterocycles. The molecule has 2 aromatic rings. The van der Waals surface area contributed by atoms with Crippen molar-refractivity contribution in [3.05, 3.63) is 54.2 Å². The number of carboxylic acid groups (broad SMARTS) is 1. The lowest BCUT2D eigenvalue weighted by molar-refractivity contribution is -0.145. The third-order valence-corrected chi connectivity index (χ3v) is 4.73. The average Bonchev–Trinajstić information content (AvgIpc) is 3.27. The second kappa shape index (κ2) is 11.9. The topological polar surface area (TPSA) is 95.3 Å². The Hall–Kier alpha value is -3.19. The van der Waals surface area contributed by atoms with E-state index in [-0.39, 0.29) is 6.10 Å². The minimum Gasteiger partial charge on any atom is -0.479 e. The summed E-state index contributed by atoms with van der Waals surface area (Å²) in [6.07, 6.45) is 7.00. The largest absolute Gasteiger partial charge is 0.479 e. The van der Waals surface area contributed by atoms with Gasteiger partial charge in [0, 0.05) is 32.0 Å². The number of aryl methyl sites for hydroxylation is 1. The van der Waals surface area contributed by atoms with Crippen molar-refractivity contribution in [2.24, 2.45) is 4.99 Å². The minimum atomic E-state index is -1.23. The van der Waals surface area contributed by atoms with Gasteiger partial charge in [0.1, 0.15) is 12.2 Å². The number of carboxylic acids is 1. The third-order valence-electron chi connectivity index (χ3n) is 4.73. The maximum atomic E-state index is 9.45. The van der Waals surface area contributed by atoms with Gasteiger partial charge in [-0.25, -0.2) is 14.8 Å². The van der Waals surface area contributed by atoms with E-state index in [1.807, 2.05) is 43.4 Å². The molecule has 0 bridgehead atoms. The first-order chi connectivity index (χ1) is 14.8. The zero-order chi connectivity index (χ0) is 22.8. The lowest BCUT2D eigenvalue weighted by Gasteiger charge is -2.17. The number of benzene rings is 1. The van der Waals surface area contributed by atoms with Gasteiger partial charge in [-0.1, -0.05) is 42.5 Å². The zero-order valence-electron chi connectivity index (χ0n) is 18.5. The van der Waals surface area contributed by atoms with Gasteiger partial charge in [-0.2, -0.15) is 0 Å². The Kier molecular flexibility index (Phi) is 9.21. The molecule has 7 heteroatoms. The van der Waals surface area contributed by atoms with Crippen LogP contribution in [-0.4, -0.2) is 58.2 Å². The van der Waals surface area contributed by atoms with E-state index in [1.54, 1.807) is 0 Å². The number of pyridine rings is 1. The molecule has 0 unspecified atom stereocenters. The van der Waals surface area contributed by atoms with Gasteiger partial charge in [-0.15, -0.1) is 0 Å². The highest BCUT2D eigenvalue weighted by atomic mass is 16.5. The quantitative estimate of drug-likeness (QED) is 0.392. The molecular weight excluding hydrogens is 394 g/mol. The van der Waals surface area contributed by atoms with Crippen molar-refractivity contribution in [2.75, 3.05) is 13.6 Å². The van der Waals surface area contributed by atoms with E-state index in [4.69, 9.17) is 19.9 Å². The van der Waals surface area contributed by atoms with E-state index < -0.39 is 12.1 Å². The van der Waals surface area contributed by atoms with Crippen molar-refractivity contribution in [3.63, 3.8) is 0 Å². The Morgan fingerprint density at radius 1 is 1.32 bits per heavy atom. The van der Waals surface area contributed by atoms with Crippen LogP contribution in [0.4, 0.5) is 5.69 Å². The van der Waals surface area contributed by atoms with E-state index in [9.17, 15) is 4.79 Å². The summed E-state index contributed by atoms with van der Waals surface area (Å²) in [6, 6.07) is 12.3. The van der Waals surface area contributed by atoms with E-state index in [0.29, 0.717) is 5.88 Å². The number of rotatable bonds is 7. The highest BCUT2D eigenvalue weighted by Gasteiger charge is 2.18. The van der Waals surface area contributed by atoms with Crippen molar-refractivity contribution < 1.29 is 19.7 Å². The Labute approximate surface area is 183 Å². The minimum absolute atomic E-state index is 0.176. The summed E-state index contributed by atoms with van der Waals surface area (Å²) in [5.74, 6) is -0.491. The van der Waals surface area contributed by atoms with Crippen molar-refractivity contribution in [2.45, 2.75) is 45.8 Å². The molecule has 1 aliphatic rings. The molecule has 0 fully saturated rings. The van der Waals surface area contributed by atoms with Crippen molar-refractivity contribution in [1.82, 2.24) is 9.88 Å². The number of aliphatic hydroxyl groups is 1. The number of aliphatic imine (C=N–C) groups is 1. The highest BCUT2D eigenvalue weighted by molar-refractivity contribution is 5.74. The molecule has 3 rings (SSSR count). The van der Waals surface area contributed by atoms with Crippen LogP contribution in [0.5, 0.6) is 5.88 Å². The third kappa shape index (κ3) is 7.53. The molecule has 0 aliphatic heterocycles. The Bertz CT molecular complexity index is 903. The van der Waals surface area contributed by atoms with Crippen molar-refractivity contribution >= 4 is 18.0 Å². The number of aliphatic carboxylic acids is 1. The summed E-state index contributed by atoms with van der Waals surface area (Å²) in [6.45, 7) is 6.19. The van der Waals surface area contributed by atoms with Crippen LogP contribution in [0.1, 0.15) is 32.4 Å². The lowest BCUT2D eigenvalue weighted by atomic mass is 10.1. The lowest BCUT2D eigenvalue weighted by Crippen LogP contribution is -2.14. The first-order valence-electron chi connectivity index (χ1n) is 10.4. The summed E-state index contributed by atoms with van der Waals surface area (Å²) >= 11 is 0. The predicted molar refractivity (Wildman–Crippen MR) is 123 cm³/mol. The van der Waals surface area contributed by atoms with Gasteiger partial charge >= 0.3 is 5.97 Å². The normalized spacial score (nSPS) is 14.2. The molecule has 0 saturated heterocycles. The van der Waals surface area contributed by atoms with Gasteiger partial charge in [-0.3, -0.25) is 0 Å². The molecule has 1 aromatic heterocycles. The fraction of sp³-hybridized carbons (Fsp3) is 0.375. The van der Waals surface area contributed by atoms with E-state index in [1.165, 1.54) is 6.92 Å². The standard InChI is InChI=1S/C21H25N3O.C3H6O3/c1-4-24(3)15-22-20-14-19(17-10-6-5-7-11-17)21(23-16(20)2)25-18-12-8-9-13-18;1-2(4)3(5)6/h5-11,14-15,18H,4,12-13H2,1-3H3;2,4H,1H3,(H,5,6)/t;2-/m.0/s1. The van der Waals surface area contributed by atoms with Crippen LogP contribution in [0.2, 0.25) is 0 Å². The molecule has 0 saturated carbocycles. The fourth-order valence-electron chi connectivity index (χ4n) is 2.71. The van der Waals surface area contributed by atoms with E-state index in [2.05, 4.69) is 42.3 Å². The average molecular weight is 426 g/mol. The molecule has 166 valence electrons. The summed E-state index contributed by atoms with van der Waals surface area (Å²) in [5, 5.41) is 15.8. The molecular formula is C24H31N3O4. The van der Waals surface area contributed by atoms with Crippen LogP contribution in [0, 0.1) is 6.92 Å². The summed E-state index contributed by atoms with van der Waals surface area (Å²) in [5.41, 5.74) is 3.83. The van der Waals surface area contributed by atoms with Crippen LogP contribution in [0.25, 0.3) is 11.1 Å². The number of aliphatic hydroxyl groups excluding tert-OH is 1. The molecule has 7 nitrogen and oxygen atoms in total. The molecule has 31 heavy (non-hydrogen) atoms. The Balaban J connectivity index is 0.000000501. The maximum absolute atomic E-state index is 9.45. The second-order valence-corrected chi connectivity index (χ2v) is 7.33. The SMILES string of the molecule is CCN(C)C=Nc1cc(-c2ccccc2)c(OC2CC=CC2)nc1C.C[C@H](O)C(=O)O. The summed E-state index contributed by atoms with van der Waals surface area (Å²) in [7, 11) is 2.01. The number of hydrogen-bond acceptors (Lipinski definition) is 5. The fourth-order valence-corrected chi connectivity index (χ4v) is 2.71. The number of aromatic nitrogens is 1. The van der Waals surface area contributed by atoms with Crippen molar-refractivity contribution in [3.8, 4) is 17.0 Å². The van der Waals surface area contributed by atoms with E-state index in [0.717, 1.165) is 41.9 Å². The smallest absolute Gasteiger partial charge is 0.332 e. The number of carbonyl (C=O) groups is 1. The zero-order valence-corrected chi connectivity index (χ0v) is 18.5. The Morgan fingerprint density at radius 2 is 1.94 bits per heavy atom. The van der Waals surface area contributed by atoms with Gasteiger partial charge in [0.25, 0.3) is 0 Å². The number of ether oxygens (including phenoxy) is 1. The Morgan fingerprint density at radius 3 is 2.48 bits per heavy atom. The van der Waals surface area contributed by atoms with Gasteiger partial charge in [0.05, 0.1) is 17.7 Å². The molecule has 1 aliphatic carbocycles. The maximum Gasteiger partial charge on any atom is 0.332 e. The molecule has 0 amide bonds. The summed E-state index contributed by atoms with van der Waals surface area (Å²) < 4.78 is 6.21. The van der Waals surface area contributed by atoms with Crippen LogP contribution >= 0.6 is 0 Å². The molecule has 0 radical (unpaired) electrons. The van der Waals surface area contributed by atoms with Crippen LogP contribution in [0.3, 0.4) is 0 Å². The van der Waals surface area contributed by atoms with Gasteiger partial charge < -0.3 is 19.8 Å². The molecule has 2 N–H and O–H groups in total. The van der Waals surface area contributed by atoms with Crippen LogP contribution < -0.4 is 4.74 Å².